The number of nitrogens with zero attached hydrogens (tertiary/aromatic N) is 3. The van der Waals surface area contributed by atoms with Crippen LogP contribution < -0.4 is 0 Å². The molecule has 0 saturated heterocycles. The maximum atomic E-state index is 5.34. The molecule has 3 nitrogen and oxygen atoms in total. The summed E-state index contributed by atoms with van der Waals surface area (Å²) < 4.78 is 5.17. The zero-order chi connectivity index (χ0) is 37.0. The maximum absolute atomic E-state index is 5.34. The van der Waals surface area contributed by atoms with Gasteiger partial charge in [-0.2, -0.15) is 0 Å². The topological polar surface area (TPSA) is 38.7 Å². The van der Waals surface area contributed by atoms with Crippen LogP contribution in [0.2, 0.25) is 0 Å². The van der Waals surface area contributed by atoms with Crippen molar-refractivity contribution < 1.29 is 0 Å². The van der Waals surface area contributed by atoms with Crippen molar-refractivity contribution in [3.63, 3.8) is 0 Å². The van der Waals surface area contributed by atoms with Gasteiger partial charge in [0.25, 0.3) is 0 Å². The monoisotopic (exact) mass is 749 g/mol. The third-order valence-corrected chi connectivity index (χ3v) is 13.0. The van der Waals surface area contributed by atoms with E-state index in [2.05, 4.69) is 163 Å². The third kappa shape index (κ3) is 5.68. The van der Waals surface area contributed by atoms with Crippen LogP contribution in [0.25, 0.3) is 108 Å². The highest BCUT2D eigenvalue weighted by Crippen LogP contribution is 2.45. The van der Waals surface area contributed by atoms with E-state index in [1.54, 1.807) is 0 Å². The molecule has 0 amide bonds. The highest BCUT2D eigenvalue weighted by Gasteiger charge is 2.18. The number of pyridine rings is 1. The van der Waals surface area contributed by atoms with E-state index in [4.69, 9.17) is 9.97 Å². The Labute approximate surface area is 331 Å². The highest BCUT2D eigenvalue weighted by atomic mass is 32.1. The largest absolute Gasteiger partial charge is 0.256 e. The summed E-state index contributed by atoms with van der Waals surface area (Å²) in [7, 11) is 0. The number of benzene rings is 7. The Balaban J connectivity index is 1.15. The van der Waals surface area contributed by atoms with E-state index in [1.807, 2.05) is 53.1 Å². The number of fused-ring (bicyclic) bond motifs is 6. The molecular weight excluding hydrogens is 719 g/mol. The summed E-state index contributed by atoms with van der Waals surface area (Å²) >= 11 is 3.73. The molecule has 262 valence electrons. The number of hydrogen-bond acceptors (Lipinski definition) is 5. The van der Waals surface area contributed by atoms with Gasteiger partial charge in [0.15, 0.2) is 5.82 Å². The van der Waals surface area contributed by atoms with Crippen LogP contribution in [0.4, 0.5) is 0 Å². The predicted octanol–water partition coefficient (Wildman–Crippen LogP) is 14.6. The van der Waals surface area contributed by atoms with Crippen LogP contribution in [-0.4, -0.2) is 15.0 Å². The molecule has 0 radical (unpaired) electrons. The normalized spacial score (nSPS) is 11.6. The lowest BCUT2D eigenvalue weighted by atomic mass is 9.93. The van der Waals surface area contributed by atoms with Crippen molar-refractivity contribution in [3.05, 3.63) is 188 Å². The van der Waals surface area contributed by atoms with Gasteiger partial charge >= 0.3 is 0 Å². The average molecular weight is 750 g/mol. The first kappa shape index (κ1) is 32.6. The number of rotatable bonds is 6. The minimum Gasteiger partial charge on any atom is -0.256 e. The second kappa shape index (κ2) is 13.5. The molecule has 0 N–H and O–H groups in total. The van der Waals surface area contributed by atoms with Crippen molar-refractivity contribution in [1.29, 1.82) is 0 Å². The summed E-state index contributed by atoms with van der Waals surface area (Å²) in [5, 5.41) is 5.16. The number of hydrogen-bond donors (Lipinski definition) is 0. The van der Waals surface area contributed by atoms with Crippen LogP contribution >= 0.6 is 22.7 Å². The minimum absolute atomic E-state index is 0.680. The number of aromatic nitrogens is 3. The Hall–Kier alpha value is -6.79. The summed E-state index contributed by atoms with van der Waals surface area (Å²) in [4.78, 5) is 15.1. The smallest absolute Gasteiger partial charge is 0.160 e. The summed E-state index contributed by atoms with van der Waals surface area (Å²) in [5.41, 5.74) is 11.5. The maximum Gasteiger partial charge on any atom is 0.160 e. The molecule has 11 aromatic rings. The van der Waals surface area contributed by atoms with Gasteiger partial charge in [0.1, 0.15) is 0 Å². The third-order valence-electron chi connectivity index (χ3n) is 10.6. The summed E-state index contributed by atoms with van der Waals surface area (Å²) in [6.07, 6.45) is 1.83. The Bertz CT molecular complexity index is 3110. The second-order valence-electron chi connectivity index (χ2n) is 14.0. The van der Waals surface area contributed by atoms with Crippen molar-refractivity contribution in [3.8, 4) is 67.4 Å². The summed E-state index contributed by atoms with van der Waals surface area (Å²) in [6.45, 7) is 0. The van der Waals surface area contributed by atoms with Gasteiger partial charge in [-0.25, -0.2) is 9.97 Å². The van der Waals surface area contributed by atoms with Crippen LogP contribution in [0.5, 0.6) is 0 Å². The Morgan fingerprint density at radius 1 is 0.321 bits per heavy atom. The first-order valence-corrected chi connectivity index (χ1v) is 20.3. The Morgan fingerprint density at radius 2 is 0.821 bits per heavy atom. The molecule has 0 atom stereocenters. The van der Waals surface area contributed by atoms with Gasteiger partial charge < -0.3 is 0 Å². The van der Waals surface area contributed by atoms with Crippen LogP contribution in [0.15, 0.2) is 188 Å². The van der Waals surface area contributed by atoms with E-state index >= 15 is 0 Å². The summed E-state index contributed by atoms with van der Waals surface area (Å²) in [6, 6.07) is 64.8. The fourth-order valence-corrected chi connectivity index (χ4v) is 10.3. The standard InChI is InChI=1S/C51H31N3S2/c1-2-12-32(13-3-1)45-31-46(54-51(53-45)34-25-23-33(24-26-34)44-20-8-9-27-52-44)37-29-35(38-16-10-18-42-40-14-4-6-21-47(40)55-49(38)42)28-36(30-37)39-17-11-19-43-41-15-5-7-22-48(41)56-50(39)43/h1-31H. The van der Waals surface area contributed by atoms with Crippen molar-refractivity contribution in [2.45, 2.75) is 0 Å². The van der Waals surface area contributed by atoms with E-state index in [0.29, 0.717) is 5.82 Å². The molecule has 0 fully saturated rings. The molecule has 0 bridgehead atoms. The average Bonchev–Trinajstić information content (AvgIpc) is 3.86. The highest BCUT2D eigenvalue weighted by molar-refractivity contribution is 7.26. The lowest BCUT2D eigenvalue weighted by Gasteiger charge is -2.14. The van der Waals surface area contributed by atoms with Crippen LogP contribution in [0.1, 0.15) is 0 Å². The van der Waals surface area contributed by atoms with E-state index in [9.17, 15) is 0 Å². The lowest BCUT2D eigenvalue weighted by Crippen LogP contribution is -1.97. The molecule has 0 saturated carbocycles. The van der Waals surface area contributed by atoms with Crippen LogP contribution in [-0.2, 0) is 0 Å². The van der Waals surface area contributed by atoms with Crippen molar-refractivity contribution in [1.82, 2.24) is 15.0 Å². The van der Waals surface area contributed by atoms with Gasteiger partial charge in [-0.3, -0.25) is 4.98 Å². The van der Waals surface area contributed by atoms with Crippen LogP contribution in [0.3, 0.4) is 0 Å². The molecule has 5 heteroatoms. The van der Waals surface area contributed by atoms with E-state index < -0.39 is 0 Å². The first-order valence-electron chi connectivity index (χ1n) is 18.7. The molecule has 7 aromatic carbocycles. The van der Waals surface area contributed by atoms with Gasteiger partial charge in [0.05, 0.1) is 17.1 Å². The molecule has 0 spiro atoms. The van der Waals surface area contributed by atoms with Gasteiger partial charge in [0.2, 0.25) is 0 Å². The lowest BCUT2D eigenvalue weighted by molar-refractivity contribution is 1.18. The van der Waals surface area contributed by atoms with E-state index in [0.717, 1.165) is 50.5 Å². The van der Waals surface area contributed by atoms with E-state index in [-0.39, 0.29) is 0 Å². The Morgan fingerprint density at radius 3 is 1.43 bits per heavy atom. The molecule has 0 aliphatic carbocycles. The molecule has 0 unspecified atom stereocenters. The van der Waals surface area contributed by atoms with Gasteiger partial charge in [-0.05, 0) is 70.8 Å². The minimum atomic E-state index is 0.680. The Kier molecular flexibility index (Phi) is 7.87. The van der Waals surface area contributed by atoms with Crippen molar-refractivity contribution >= 4 is 63.0 Å². The zero-order valence-electron chi connectivity index (χ0n) is 30.1. The molecule has 11 rings (SSSR count). The molecule has 0 aliphatic heterocycles. The quantitative estimate of drug-likeness (QED) is 0.170. The fourth-order valence-electron chi connectivity index (χ4n) is 7.84. The molecule has 4 heterocycles. The van der Waals surface area contributed by atoms with Crippen molar-refractivity contribution in [2.75, 3.05) is 0 Å². The fraction of sp³-hybridized carbons (Fsp3) is 0. The van der Waals surface area contributed by atoms with E-state index in [1.165, 1.54) is 51.5 Å². The molecule has 56 heavy (non-hydrogen) atoms. The number of thiophene rings is 2. The van der Waals surface area contributed by atoms with Gasteiger partial charge in [0, 0.05) is 68.8 Å². The SMILES string of the molecule is c1ccc(-c2cc(-c3cc(-c4cccc5c4sc4ccccc45)cc(-c4cccc5c4sc4ccccc45)c3)nc(-c3ccc(-c4ccccn4)cc3)n2)cc1. The second-order valence-corrected chi connectivity index (χ2v) is 16.1. The molecule has 0 aliphatic rings. The summed E-state index contributed by atoms with van der Waals surface area (Å²) in [5.74, 6) is 0.680. The molecule has 4 aromatic heterocycles. The first-order chi connectivity index (χ1) is 27.7. The van der Waals surface area contributed by atoms with Crippen LogP contribution in [0, 0.1) is 0 Å². The zero-order valence-corrected chi connectivity index (χ0v) is 31.7. The van der Waals surface area contributed by atoms with Gasteiger partial charge in [-0.15, -0.1) is 22.7 Å². The van der Waals surface area contributed by atoms with Gasteiger partial charge in [-0.1, -0.05) is 133 Å². The predicted molar refractivity (Wildman–Crippen MR) is 238 cm³/mol. The van der Waals surface area contributed by atoms with Crippen molar-refractivity contribution in [2.24, 2.45) is 0 Å². The molecular formula is C51H31N3S2.